The van der Waals surface area contributed by atoms with Gasteiger partial charge in [0.15, 0.2) is 5.82 Å². The van der Waals surface area contributed by atoms with E-state index >= 15 is 4.39 Å². The van der Waals surface area contributed by atoms with Crippen molar-refractivity contribution in [2.24, 2.45) is 0 Å². The van der Waals surface area contributed by atoms with Crippen molar-refractivity contribution in [2.75, 3.05) is 15.8 Å². The summed E-state index contributed by atoms with van der Waals surface area (Å²) in [5, 5.41) is 3.96. The molecule has 0 atom stereocenters. The molecule has 2 aromatic heterocycles. The van der Waals surface area contributed by atoms with Gasteiger partial charge in [-0.15, -0.1) is 11.3 Å². The van der Waals surface area contributed by atoms with Gasteiger partial charge in [-0.1, -0.05) is 57.0 Å². The van der Waals surface area contributed by atoms with E-state index in [0.29, 0.717) is 22.2 Å². The number of thiazole rings is 1. The Kier molecular flexibility index (Phi) is 8.03. The Morgan fingerprint density at radius 3 is 2.41 bits per heavy atom. The molecule has 0 aliphatic carbocycles. The SMILES string of the molecule is CC(C)(C)c1nc(-c2cccc(NSCCC(F)(F)F)c2F)c(-c2ccnc(Nc3ccccc3)n2)s1. The van der Waals surface area contributed by atoms with E-state index in [0.717, 1.165) is 22.6 Å². The summed E-state index contributed by atoms with van der Waals surface area (Å²) in [7, 11) is 0. The molecular weight excluding hydrogens is 522 g/mol. The summed E-state index contributed by atoms with van der Waals surface area (Å²) in [6, 6.07) is 16.0. The zero-order valence-electron chi connectivity index (χ0n) is 20.4. The second-order valence-corrected chi connectivity index (χ2v) is 11.1. The Morgan fingerprint density at radius 2 is 1.70 bits per heavy atom. The maximum absolute atomic E-state index is 15.6. The minimum Gasteiger partial charge on any atom is -0.327 e. The van der Waals surface area contributed by atoms with E-state index in [4.69, 9.17) is 4.98 Å². The lowest BCUT2D eigenvalue weighted by molar-refractivity contribution is -0.129. The number of hydrogen-bond donors (Lipinski definition) is 2. The van der Waals surface area contributed by atoms with Crippen LogP contribution >= 0.6 is 23.3 Å². The van der Waals surface area contributed by atoms with Gasteiger partial charge in [-0.3, -0.25) is 0 Å². The zero-order valence-corrected chi connectivity index (χ0v) is 22.0. The predicted octanol–water partition coefficient (Wildman–Crippen LogP) is 8.46. The first-order chi connectivity index (χ1) is 17.5. The fourth-order valence-electron chi connectivity index (χ4n) is 3.28. The van der Waals surface area contributed by atoms with Crippen molar-refractivity contribution < 1.29 is 17.6 Å². The fourth-order valence-corrected chi connectivity index (χ4v) is 5.14. The molecule has 0 amide bonds. The first-order valence-corrected chi connectivity index (χ1v) is 13.2. The second-order valence-electron chi connectivity index (χ2n) is 9.19. The number of aromatic nitrogens is 3. The average Bonchev–Trinajstić information content (AvgIpc) is 3.29. The summed E-state index contributed by atoms with van der Waals surface area (Å²) in [4.78, 5) is 14.4. The highest BCUT2D eigenvalue weighted by molar-refractivity contribution is 8.00. The standard InChI is InChI=1S/C26H25F4N5S2/c1-25(2,3)23-34-21(17-10-7-11-18(20(17)27)35-36-15-13-26(28,29)30)22(37-23)19-12-14-31-24(33-19)32-16-8-5-4-6-9-16/h4-12,14,35H,13,15H2,1-3H3,(H,31,32,33). The molecule has 2 heterocycles. The van der Waals surface area contributed by atoms with Gasteiger partial charge in [0, 0.05) is 28.6 Å². The number of hydrogen-bond acceptors (Lipinski definition) is 7. The minimum absolute atomic E-state index is 0.0926. The molecule has 0 saturated carbocycles. The third kappa shape index (κ3) is 6.98. The van der Waals surface area contributed by atoms with Crippen LogP contribution in [0.5, 0.6) is 0 Å². The lowest BCUT2D eigenvalue weighted by atomic mass is 9.98. The van der Waals surface area contributed by atoms with E-state index in [1.165, 1.54) is 17.4 Å². The summed E-state index contributed by atoms with van der Waals surface area (Å²) >= 11 is 2.23. The van der Waals surface area contributed by atoms with Gasteiger partial charge in [-0.05, 0) is 30.3 Å². The molecule has 2 N–H and O–H groups in total. The van der Waals surface area contributed by atoms with Crippen LogP contribution < -0.4 is 10.0 Å². The molecule has 0 bridgehead atoms. The first kappa shape index (κ1) is 26.9. The molecule has 11 heteroatoms. The van der Waals surface area contributed by atoms with Crippen LogP contribution in [0.3, 0.4) is 0 Å². The van der Waals surface area contributed by atoms with Gasteiger partial charge in [0.05, 0.1) is 33.4 Å². The highest BCUT2D eigenvalue weighted by atomic mass is 32.2. The van der Waals surface area contributed by atoms with Crippen LogP contribution in [-0.2, 0) is 5.41 Å². The Bertz CT molecular complexity index is 1350. The number of halogens is 4. The van der Waals surface area contributed by atoms with Crippen molar-refractivity contribution in [3.05, 3.63) is 71.6 Å². The Morgan fingerprint density at radius 1 is 0.946 bits per heavy atom. The molecule has 0 fully saturated rings. The molecule has 0 radical (unpaired) electrons. The zero-order chi connectivity index (χ0) is 26.6. The molecule has 0 spiro atoms. The largest absolute Gasteiger partial charge is 0.389 e. The van der Waals surface area contributed by atoms with Crippen molar-refractivity contribution >= 4 is 40.6 Å². The van der Waals surface area contributed by atoms with Gasteiger partial charge >= 0.3 is 6.18 Å². The molecule has 0 unspecified atom stereocenters. The van der Waals surface area contributed by atoms with E-state index in [-0.39, 0.29) is 22.4 Å². The van der Waals surface area contributed by atoms with Crippen molar-refractivity contribution in [1.82, 2.24) is 15.0 Å². The molecule has 37 heavy (non-hydrogen) atoms. The van der Waals surface area contributed by atoms with Crippen molar-refractivity contribution in [3.63, 3.8) is 0 Å². The number of anilines is 3. The minimum atomic E-state index is -4.26. The number of para-hydroxylation sites is 1. The third-order valence-corrected chi connectivity index (χ3v) is 7.39. The van der Waals surface area contributed by atoms with E-state index < -0.39 is 18.4 Å². The number of rotatable bonds is 8. The molecule has 0 saturated heterocycles. The summed E-state index contributed by atoms with van der Waals surface area (Å²) in [6.07, 6.45) is -3.61. The Labute approximate surface area is 220 Å². The maximum atomic E-state index is 15.6. The van der Waals surface area contributed by atoms with Gasteiger partial charge in [-0.25, -0.2) is 19.3 Å². The van der Waals surface area contributed by atoms with E-state index in [9.17, 15) is 13.2 Å². The smallest absolute Gasteiger partial charge is 0.327 e. The summed E-state index contributed by atoms with van der Waals surface area (Å²) in [5.41, 5.74) is 1.85. The molecular formula is C26H25F4N5S2. The molecule has 194 valence electrons. The number of alkyl halides is 3. The summed E-state index contributed by atoms with van der Waals surface area (Å²) in [5.74, 6) is -0.440. The fraction of sp³-hybridized carbons (Fsp3) is 0.269. The van der Waals surface area contributed by atoms with Crippen molar-refractivity contribution in [3.8, 4) is 21.8 Å². The Balaban J connectivity index is 1.69. The monoisotopic (exact) mass is 547 g/mol. The van der Waals surface area contributed by atoms with Crippen LogP contribution in [0.4, 0.5) is 34.9 Å². The van der Waals surface area contributed by atoms with E-state index in [1.54, 1.807) is 24.4 Å². The molecule has 5 nitrogen and oxygen atoms in total. The maximum Gasteiger partial charge on any atom is 0.389 e. The average molecular weight is 548 g/mol. The lowest BCUT2D eigenvalue weighted by Gasteiger charge is -2.13. The molecule has 4 aromatic rings. The number of nitrogens with one attached hydrogen (secondary N) is 2. The molecule has 0 aliphatic heterocycles. The lowest BCUT2D eigenvalue weighted by Crippen LogP contribution is -2.10. The molecule has 4 rings (SSSR count). The Hall–Kier alpha value is -3.18. The normalized spacial score (nSPS) is 12.0. The van der Waals surface area contributed by atoms with E-state index in [2.05, 4.69) is 20.0 Å². The van der Waals surface area contributed by atoms with E-state index in [1.807, 2.05) is 51.1 Å². The third-order valence-electron chi connectivity index (χ3n) is 5.11. The second kappa shape index (κ2) is 11.1. The quantitative estimate of drug-likeness (QED) is 0.131. The van der Waals surface area contributed by atoms with Crippen LogP contribution in [-0.4, -0.2) is 26.9 Å². The molecule has 0 aliphatic rings. The van der Waals surface area contributed by atoms with Crippen LogP contribution in [0.2, 0.25) is 0 Å². The van der Waals surface area contributed by atoms with Crippen LogP contribution in [0.1, 0.15) is 32.2 Å². The molecule has 2 aromatic carbocycles. The van der Waals surface area contributed by atoms with Crippen LogP contribution in [0.15, 0.2) is 60.8 Å². The highest BCUT2D eigenvalue weighted by Gasteiger charge is 2.27. The predicted molar refractivity (Wildman–Crippen MR) is 144 cm³/mol. The topological polar surface area (TPSA) is 62.7 Å². The summed E-state index contributed by atoms with van der Waals surface area (Å²) in [6.45, 7) is 6.06. The van der Waals surface area contributed by atoms with Gasteiger partial charge < -0.3 is 10.0 Å². The van der Waals surface area contributed by atoms with Gasteiger partial charge in [0.25, 0.3) is 0 Å². The van der Waals surface area contributed by atoms with Gasteiger partial charge in [0.1, 0.15) is 0 Å². The van der Waals surface area contributed by atoms with Crippen molar-refractivity contribution in [2.45, 2.75) is 38.8 Å². The highest BCUT2D eigenvalue weighted by Crippen LogP contribution is 2.42. The number of benzene rings is 2. The van der Waals surface area contributed by atoms with Gasteiger partial charge in [-0.2, -0.15) is 13.2 Å². The number of nitrogens with zero attached hydrogens (tertiary/aromatic N) is 3. The first-order valence-electron chi connectivity index (χ1n) is 11.4. The van der Waals surface area contributed by atoms with Crippen molar-refractivity contribution in [1.29, 1.82) is 0 Å². The van der Waals surface area contributed by atoms with Crippen LogP contribution in [0.25, 0.3) is 21.8 Å². The summed E-state index contributed by atoms with van der Waals surface area (Å²) < 4.78 is 55.7. The van der Waals surface area contributed by atoms with Gasteiger partial charge in [0.2, 0.25) is 5.95 Å². The van der Waals surface area contributed by atoms with Crippen LogP contribution in [0, 0.1) is 5.82 Å².